The van der Waals surface area contributed by atoms with Crippen LogP contribution in [-0.4, -0.2) is 19.5 Å². The van der Waals surface area contributed by atoms with Crippen LogP contribution >= 0.6 is 11.6 Å². The van der Waals surface area contributed by atoms with Crippen LogP contribution in [0, 0.1) is 10.1 Å². The fourth-order valence-corrected chi connectivity index (χ4v) is 2.78. The van der Waals surface area contributed by atoms with Gasteiger partial charge >= 0.3 is 0 Å². The summed E-state index contributed by atoms with van der Waals surface area (Å²) in [6.07, 6.45) is 2.89. The molecule has 0 aliphatic carbocycles. The fraction of sp³-hybridized carbons (Fsp3) is 0.0556. The highest BCUT2D eigenvalue weighted by Gasteiger charge is 2.12. The highest BCUT2D eigenvalue weighted by atomic mass is 35.5. The molecule has 0 aliphatic rings. The summed E-state index contributed by atoms with van der Waals surface area (Å²) in [6, 6.07) is 11.1. The van der Waals surface area contributed by atoms with Crippen LogP contribution in [-0.2, 0) is 6.54 Å². The van der Waals surface area contributed by atoms with Gasteiger partial charge < -0.3 is 4.42 Å². The number of nitro groups is 1. The molecule has 0 radical (unpaired) electrons. The molecule has 0 aliphatic heterocycles. The minimum atomic E-state index is -0.530. The molecule has 0 fully saturated rings. The first-order valence-corrected chi connectivity index (χ1v) is 8.23. The Hall–Kier alpha value is -3.52. The van der Waals surface area contributed by atoms with Gasteiger partial charge in [0.15, 0.2) is 5.76 Å². The summed E-state index contributed by atoms with van der Waals surface area (Å²) in [5.74, 6) is 0.893. The van der Waals surface area contributed by atoms with Crippen molar-refractivity contribution in [3.05, 3.63) is 86.4 Å². The van der Waals surface area contributed by atoms with E-state index in [0.717, 1.165) is 5.56 Å². The average Bonchev–Trinajstić information content (AvgIpc) is 3.13. The van der Waals surface area contributed by atoms with E-state index >= 15 is 0 Å². The lowest BCUT2D eigenvalue weighted by molar-refractivity contribution is -0.384. The fourth-order valence-electron chi connectivity index (χ4n) is 2.65. The van der Waals surface area contributed by atoms with Gasteiger partial charge in [-0.05, 0) is 30.3 Å². The molecule has 0 bridgehead atoms. The van der Waals surface area contributed by atoms with Crippen LogP contribution in [0.2, 0.25) is 5.02 Å². The number of halogens is 1. The Labute approximate surface area is 156 Å². The molecule has 0 unspecified atom stereocenters. The van der Waals surface area contributed by atoms with Gasteiger partial charge in [0.05, 0.1) is 28.4 Å². The van der Waals surface area contributed by atoms with Gasteiger partial charge in [0.1, 0.15) is 6.54 Å². The number of oxazole rings is 1. The smallest absolute Gasteiger partial charge is 0.271 e. The van der Waals surface area contributed by atoms with Gasteiger partial charge in [0.25, 0.3) is 11.2 Å². The van der Waals surface area contributed by atoms with E-state index in [1.54, 1.807) is 18.3 Å². The number of nitrogens with zero attached hydrogens (tertiary/aromatic N) is 4. The standard InChI is InChI=1S/C18H11ClN4O4/c19-12-3-1-11(2-4-12)16-8-20-17(27-16)9-22-10-21-15-7-13(23(25)26)5-6-14(15)18(22)24/h1-8,10H,9H2. The van der Waals surface area contributed by atoms with Crippen molar-refractivity contribution in [2.75, 3.05) is 0 Å². The van der Waals surface area contributed by atoms with Crippen molar-refractivity contribution in [3.8, 4) is 11.3 Å². The molecule has 0 N–H and O–H groups in total. The molecule has 2 aromatic heterocycles. The number of hydrogen-bond acceptors (Lipinski definition) is 6. The quantitative estimate of drug-likeness (QED) is 0.394. The van der Waals surface area contributed by atoms with Crippen LogP contribution in [0.25, 0.3) is 22.2 Å². The van der Waals surface area contributed by atoms with Crippen LogP contribution < -0.4 is 5.56 Å². The number of aromatic nitrogens is 3. The first-order valence-electron chi connectivity index (χ1n) is 7.85. The Morgan fingerprint density at radius 2 is 1.93 bits per heavy atom. The minimum absolute atomic E-state index is 0.0896. The third kappa shape index (κ3) is 3.30. The van der Waals surface area contributed by atoms with Crippen molar-refractivity contribution in [1.29, 1.82) is 0 Å². The van der Waals surface area contributed by atoms with Crippen molar-refractivity contribution in [2.45, 2.75) is 6.54 Å². The topological polar surface area (TPSA) is 104 Å². The first-order chi connectivity index (χ1) is 13.0. The molecule has 27 heavy (non-hydrogen) atoms. The average molecular weight is 383 g/mol. The molecule has 0 atom stereocenters. The van der Waals surface area contributed by atoms with Crippen molar-refractivity contribution in [1.82, 2.24) is 14.5 Å². The lowest BCUT2D eigenvalue weighted by atomic mass is 10.2. The maximum atomic E-state index is 12.6. The Morgan fingerprint density at radius 1 is 1.15 bits per heavy atom. The summed E-state index contributed by atoms with van der Waals surface area (Å²) in [6.45, 7) is 0.0896. The van der Waals surface area contributed by atoms with Crippen LogP contribution in [0.3, 0.4) is 0 Å². The van der Waals surface area contributed by atoms with Crippen LogP contribution in [0.4, 0.5) is 5.69 Å². The van der Waals surface area contributed by atoms with Gasteiger partial charge in [-0.3, -0.25) is 19.5 Å². The molecule has 4 rings (SSSR count). The zero-order chi connectivity index (χ0) is 19.0. The summed E-state index contributed by atoms with van der Waals surface area (Å²) >= 11 is 5.88. The van der Waals surface area contributed by atoms with Gasteiger partial charge in [-0.15, -0.1) is 0 Å². The summed E-state index contributed by atoms with van der Waals surface area (Å²) in [5.41, 5.74) is 0.628. The van der Waals surface area contributed by atoms with E-state index < -0.39 is 4.92 Å². The highest BCUT2D eigenvalue weighted by molar-refractivity contribution is 6.30. The molecule has 134 valence electrons. The second kappa shape index (κ2) is 6.65. The summed E-state index contributed by atoms with van der Waals surface area (Å²) in [7, 11) is 0. The number of hydrogen-bond donors (Lipinski definition) is 0. The van der Waals surface area contributed by atoms with E-state index in [2.05, 4.69) is 9.97 Å². The SMILES string of the molecule is O=c1c2ccc([N+](=O)[O-])cc2ncn1Cc1ncc(-c2ccc(Cl)cc2)o1. The molecule has 2 aromatic carbocycles. The number of fused-ring (bicyclic) bond motifs is 1. The normalized spacial score (nSPS) is 11.0. The molecule has 9 heteroatoms. The number of nitro benzene ring substituents is 1. The van der Waals surface area contributed by atoms with Gasteiger partial charge in [0, 0.05) is 22.7 Å². The third-order valence-electron chi connectivity index (χ3n) is 4.01. The molecule has 4 aromatic rings. The zero-order valence-electron chi connectivity index (χ0n) is 13.7. The monoisotopic (exact) mass is 382 g/mol. The maximum absolute atomic E-state index is 12.6. The predicted octanol–water partition coefficient (Wildman–Crippen LogP) is 3.66. The molecular formula is C18H11ClN4O4. The summed E-state index contributed by atoms with van der Waals surface area (Å²) in [5, 5.41) is 11.7. The van der Waals surface area contributed by atoms with Crippen LogP contribution in [0.15, 0.2) is 64.2 Å². The van der Waals surface area contributed by atoms with E-state index in [1.807, 2.05) is 12.1 Å². The Kier molecular flexibility index (Phi) is 4.17. The van der Waals surface area contributed by atoms with Crippen molar-refractivity contribution < 1.29 is 9.34 Å². The largest absolute Gasteiger partial charge is 0.439 e. The second-order valence-corrected chi connectivity index (χ2v) is 6.20. The van der Waals surface area contributed by atoms with E-state index in [4.69, 9.17) is 16.0 Å². The second-order valence-electron chi connectivity index (χ2n) is 5.76. The first kappa shape index (κ1) is 16.9. The molecule has 0 saturated heterocycles. The molecule has 0 spiro atoms. The van der Waals surface area contributed by atoms with Gasteiger partial charge in [-0.25, -0.2) is 9.97 Å². The summed E-state index contributed by atoms with van der Waals surface area (Å²) < 4.78 is 7.04. The van der Waals surface area contributed by atoms with Crippen LogP contribution in [0.1, 0.15) is 5.89 Å². The van der Waals surface area contributed by atoms with Gasteiger partial charge in [0.2, 0.25) is 5.89 Å². The number of non-ortho nitro benzene ring substituents is 1. The lowest BCUT2D eigenvalue weighted by Gasteiger charge is -2.04. The number of rotatable bonds is 4. The van der Waals surface area contributed by atoms with E-state index in [1.165, 1.54) is 29.1 Å². The Bertz CT molecular complexity index is 1210. The van der Waals surface area contributed by atoms with Crippen molar-refractivity contribution in [2.24, 2.45) is 0 Å². The van der Waals surface area contributed by atoms with Gasteiger partial charge in [-0.1, -0.05) is 11.6 Å². The molecule has 2 heterocycles. The zero-order valence-corrected chi connectivity index (χ0v) is 14.5. The lowest BCUT2D eigenvalue weighted by Crippen LogP contribution is -2.21. The molecule has 0 saturated carbocycles. The van der Waals surface area contributed by atoms with Gasteiger partial charge in [-0.2, -0.15) is 0 Å². The van der Waals surface area contributed by atoms with E-state index in [0.29, 0.717) is 16.7 Å². The van der Waals surface area contributed by atoms with Crippen LogP contribution in [0.5, 0.6) is 0 Å². The van der Waals surface area contributed by atoms with Crippen molar-refractivity contribution >= 4 is 28.2 Å². The van der Waals surface area contributed by atoms with Crippen molar-refractivity contribution in [3.63, 3.8) is 0 Å². The third-order valence-corrected chi connectivity index (χ3v) is 4.26. The summed E-state index contributed by atoms with van der Waals surface area (Å²) in [4.78, 5) is 31.2. The Morgan fingerprint density at radius 3 is 2.67 bits per heavy atom. The highest BCUT2D eigenvalue weighted by Crippen LogP contribution is 2.22. The molecule has 0 amide bonds. The van der Waals surface area contributed by atoms with E-state index in [-0.39, 0.29) is 28.7 Å². The number of benzene rings is 2. The van der Waals surface area contributed by atoms with E-state index in [9.17, 15) is 14.9 Å². The maximum Gasteiger partial charge on any atom is 0.271 e. The Balaban J connectivity index is 1.65. The predicted molar refractivity (Wildman–Crippen MR) is 98.7 cm³/mol. The molecular weight excluding hydrogens is 372 g/mol. The minimum Gasteiger partial charge on any atom is -0.439 e. The molecule has 8 nitrogen and oxygen atoms in total.